The second-order valence-corrected chi connectivity index (χ2v) is 7.20. The van der Waals surface area contributed by atoms with Crippen molar-refractivity contribution in [2.75, 3.05) is 19.7 Å². The molecule has 2 aliphatic rings. The van der Waals surface area contributed by atoms with E-state index in [1.54, 1.807) is 6.20 Å². The smallest absolute Gasteiger partial charge is 0.253 e. The number of amides is 1. The Hall–Kier alpha value is -1.69. The third-order valence-electron chi connectivity index (χ3n) is 4.98. The van der Waals surface area contributed by atoms with Crippen LogP contribution in [0.15, 0.2) is 30.5 Å². The maximum absolute atomic E-state index is 13.1. The molecule has 1 aliphatic carbocycles. The first-order valence-corrected chi connectivity index (χ1v) is 9.21. The third-order valence-corrected chi connectivity index (χ3v) is 5.27. The third kappa shape index (κ3) is 3.36. The second kappa shape index (κ2) is 6.90. The molecule has 0 bridgehead atoms. The van der Waals surface area contributed by atoms with Gasteiger partial charge in [0.2, 0.25) is 0 Å². The summed E-state index contributed by atoms with van der Waals surface area (Å²) in [7, 11) is 0. The Bertz CT molecular complexity index is 787. The summed E-state index contributed by atoms with van der Waals surface area (Å²) in [4.78, 5) is 19.4. The molecule has 2 fully saturated rings. The summed E-state index contributed by atoms with van der Waals surface area (Å²) in [5.74, 6) is 0.0737. The number of ether oxygens (including phenoxy) is 1. The maximum Gasteiger partial charge on any atom is 0.253 e. The summed E-state index contributed by atoms with van der Waals surface area (Å²) in [5, 5.41) is 4.86. The van der Waals surface area contributed by atoms with Crippen LogP contribution in [0.3, 0.4) is 0 Å². The lowest BCUT2D eigenvalue weighted by atomic mass is 10.0. The first-order chi connectivity index (χ1) is 12.1. The van der Waals surface area contributed by atoms with Gasteiger partial charge in [0.15, 0.2) is 0 Å². The lowest BCUT2D eigenvalue weighted by Crippen LogP contribution is -2.50. The van der Waals surface area contributed by atoms with Crippen LogP contribution in [0.4, 0.5) is 0 Å². The van der Waals surface area contributed by atoms with Gasteiger partial charge in [-0.15, -0.1) is 0 Å². The molecule has 1 aliphatic heterocycles. The number of aromatic nitrogens is 1. The van der Waals surface area contributed by atoms with E-state index in [9.17, 15) is 4.79 Å². The summed E-state index contributed by atoms with van der Waals surface area (Å²) < 4.78 is 5.69. The van der Waals surface area contributed by atoms with E-state index >= 15 is 0 Å². The van der Waals surface area contributed by atoms with E-state index < -0.39 is 6.10 Å². The van der Waals surface area contributed by atoms with Crippen LogP contribution in [0.5, 0.6) is 0 Å². The average molecular weight is 360 g/mol. The number of carbonyl (C=O) groups is 1. The lowest BCUT2D eigenvalue weighted by Gasteiger charge is -2.34. The van der Waals surface area contributed by atoms with Crippen LogP contribution in [0.25, 0.3) is 10.9 Å². The van der Waals surface area contributed by atoms with Crippen molar-refractivity contribution in [1.29, 1.82) is 0 Å². The average Bonchev–Trinajstić information content (AvgIpc) is 3.47. The molecular formula is C19H22ClN3O2. The maximum atomic E-state index is 13.1. The fourth-order valence-electron chi connectivity index (χ4n) is 3.50. The number of nitrogens with zero attached hydrogens (tertiary/aromatic N) is 2. The molecule has 1 N–H and O–H groups in total. The van der Waals surface area contributed by atoms with Crippen LogP contribution in [-0.4, -0.2) is 47.6 Å². The molecule has 1 aromatic carbocycles. The molecule has 1 amide bonds. The normalized spacial score (nSPS) is 21.9. The zero-order chi connectivity index (χ0) is 17.4. The van der Waals surface area contributed by atoms with Gasteiger partial charge in [-0.1, -0.05) is 17.7 Å². The Morgan fingerprint density at radius 1 is 1.44 bits per heavy atom. The van der Waals surface area contributed by atoms with E-state index in [1.165, 1.54) is 0 Å². The molecule has 0 spiro atoms. The summed E-state index contributed by atoms with van der Waals surface area (Å²) >= 11 is 6.43. The molecule has 1 saturated carbocycles. The number of nitrogens with one attached hydrogen (secondary N) is 1. The van der Waals surface area contributed by atoms with Crippen molar-refractivity contribution < 1.29 is 9.53 Å². The van der Waals surface area contributed by atoms with Gasteiger partial charge in [0.05, 0.1) is 23.2 Å². The van der Waals surface area contributed by atoms with Crippen molar-refractivity contribution in [2.24, 2.45) is 0 Å². The summed E-state index contributed by atoms with van der Waals surface area (Å²) in [5.41, 5.74) is 1.83. The van der Waals surface area contributed by atoms with E-state index in [-0.39, 0.29) is 11.9 Å². The van der Waals surface area contributed by atoms with Crippen LogP contribution >= 0.6 is 11.6 Å². The largest absolute Gasteiger partial charge is 0.366 e. The highest BCUT2D eigenvalue weighted by atomic mass is 35.5. The number of hydrogen-bond donors (Lipinski definition) is 1. The van der Waals surface area contributed by atoms with Crippen LogP contribution < -0.4 is 5.32 Å². The molecule has 2 aromatic rings. The van der Waals surface area contributed by atoms with E-state index in [2.05, 4.69) is 23.3 Å². The molecule has 1 saturated heterocycles. The number of benzene rings is 1. The van der Waals surface area contributed by atoms with Crippen molar-refractivity contribution in [1.82, 2.24) is 15.2 Å². The van der Waals surface area contributed by atoms with Crippen molar-refractivity contribution in [3.63, 3.8) is 0 Å². The van der Waals surface area contributed by atoms with Crippen LogP contribution in [-0.2, 0) is 9.53 Å². The molecule has 2 atom stereocenters. The number of rotatable bonds is 4. The number of hydrogen-bond acceptors (Lipinski definition) is 4. The van der Waals surface area contributed by atoms with Gasteiger partial charge in [-0.2, -0.15) is 0 Å². The molecule has 2 heterocycles. The lowest BCUT2D eigenvalue weighted by molar-refractivity contribution is -0.148. The Balaban J connectivity index is 1.64. The number of carbonyl (C=O) groups excluding carboxylic acids is 1. The minimum Gasteiger partial charge on any atom is -0.366 e. The monoisotopic (exact) mass is 359 g/mol. The van der Waals surface area contributed by atoms with Crippen LogP contribution in [0.2, 0.25) is 5.02 Å². The fourth-order valence-corrected chi connectivity index (χ4v) is 3.79. The van der Waals surface area contributed by atoms with Crippen molar-refractivity contribution in [2.45, 2.75) is 38.0 Å². The van der Waals surface area contributed by atoms with E-state index in [0.29, 0.717) is 24.2 Å². The highest BCUT2D eigenvalue weighted by Gasteiger charge is 2.40. The van der Waals surface area contributed by atoms with Gasteiger partial charge in [-0.05, 0) is 43.5 Å². The highest BCUT2D eigenvalue weighted by Crippen LogP contribution is 2.37. The van der Waals surface area contributed by atoms with Crippen LogP contribution in [0.1, 0.15) is 31.4 Å². The summed E-state index contributed by atoms with van der Waals surface area (Å²) in [6, 6.07) is 8.18. The number of halogens is 1. The molecule has 5 nitrogen and oxygen atoms in total. The first-order valence-electron chi connectivity index (χ1n) is 8.84. The molecule has 1 aromatic heterocycles. The van der Waals surface area contributed by atoms with Crippen LogP contribution in [0, 0.1) is 0 Å². The Labute approximate surface area is 152 Å². The SMILES string of the molecule is C[C@H](c1cc(Cl)c2ncccc2c1)N(C(=O)[C@H]1CNCCO1)C1CC1. The van der Waals surface area contributed by atoms with Gasteiger partial charge >= 0.3 is 0 Å². The minimum absolute atomic E-state index is 0.0485. The van der Waals surface area contributed by atoms with Gasteiger partial charge in [0.1, 0.15) is 6.10 Å². The topological polar surface area (TPSA) is 54.5 Å². The van der Waals surface area contributed by atoms with E-state index in [1.807, 2.05) is 23.1 Å². The summed E-state index contributed by atoms with van der Waals surface area (Å²) in [6.07, 6.45) is 3.46. The van der Waals surface area contributed by atoms with Gasteiger partial charge in [0.25, 0.3) is 5.91 Å². The number of fused-ring (bicyclic) bond motifs is 1. The molecule has 6 heteroatoms. The second-order valence-electron chi connectivity index (χ2n) is 6.79. The number of pyridine rings is 1. The predicted molar refractivity (Wildman–Crippen MR) is 97.6 cm³/mol. The van der Waals surface area contributed by atoms with Gasteiger partial charge in [0, 0.05) is 30.7 Å². The van der Waals surface area contributed by atoms with E-state index in [4.69, 9.17) is 16.3 Å². The minimum atomic E-state index is -0.394. The molecule has 0 unspecified atom stereocenters. The Kier molecular flexibility index (Phi) is 4.63. The quantitative estimate of drug-likeness (QED) is 0.912. The van der Waals surface area contributed by atoms with Crippen molar-refractivity contribution in [3.8, 4) is 0 Å². The molecule has 0 radical (unpaired) electrons. The van der Waals surface area contributed by atoms with E-state index in [0.717, 1.165) is 35.9 Å². The van der Waals surface area contributed by atoms with Crippen molar-refractivity contribution >= 4 is 28.4 Å². The first kappa shape index (κ1) is 16.8. The summed E-state index contributed by atoms with van der Waals surface area (Å²) in [6.45, 7) is 4.03. The molecule has 25 heavy (non-hydrogen) atoms. The Morgan fingerprint density at radius 3 is 3.00 bits per heavy atom. The highest BCUT2D eigenvalue weighted by molar-refractivity contribution is 6.35. The zero-order valence-electron chi connectivity index (χ0n) is 14.2. The molecular weight excluding hydrogens is 338 g/mol. The zero-order valence-corrected chi connectivity index (χ0v) is 15.0. The van der Waals surface area contributed by atoms with Gasteiger partial charge in [-0.25, -0.2) is 0 Å². The fraction of sp³-hybridized carbons (Fsp3) is 0.474. The van der Waals surface area contributed by atoms with Gasteiger partial charge in [-0.3, -0.25) is 9.78 Å². The van der Waals surface area contributed by atoms with Crippen molar-refractivity contribution in [3.05, 3.63) is 41.0 Å². The molecule has 4 rings (SSSR count). The number of morpholine rings is 1. The standard InChI is InChI=1S/C19H22ClN3O2/c1-12(14-9-13-3-2-6-22-18(13)16(20)10-14)23(15-4-5-15)19(24)17-11-21-7-8-25-17/h2-3,6,9-10,12,15,17,21H,4-5,7-8,11H2,1H3/t12-,17-/m1/s1. The predicted octanol–water partition coefficient (Wildman–Crippen LogP) is 2.93. The molecule has 132 valence electrons. The van der Waals surface area contributed by atoms with Gasteiger partial charge < -0.3 is 15.0 Å². The Morgan fingerprint density at radius 2 is 2.28 bits per heavy atom.